The summed E-state index contributed by atoms with van der Waals surface area (Å²) in [4.78, 5) is 12.4. The van der Waals surface area contributed by atoms with Crippen LogP contribution in [0.25, 0.3) is 0 Å². The second-order valence-corrected chi connectivity index (χ2v) is 7.38. The van der Waals surface area contributed by atoms with Crippen LogP contribution in [0.1, 0.15) is 0 Å². The van der Waals surface area contributed by atoms with Crippen LogP contribution in [0, 0.1) is 0 Å². The van der Waals surface area contributed by atoms with Crippen LogP contribution >= 0.6 is 0 Å². The molecule has 0 aliphatic carbocycles. The number of anilines is 2. The average molecular weight is 455 g/mol. The number of para-hydroxylation sites is 2. The molecular formula is C28H26N2O4. The maximum Gasteiger partial charge on any atom is 0.243 e. The third kappa shape index (κ3) is 7.31. The number of hydrogen-bond donors (Lipinski definition) is 2. The second kappa shape index (κ2) is 12.0. The van der Waals surface area contributed by atoms with Gasteiger partial charge in [0.1, 0.15) is 36.2 Å². The molecular weight excluding hydrogens is 428 g/mol. The van der Waals surface area contributed by atoms with E-state index < -0.39 is 0 Å². The molecule has 0 atom stereocenters. The van der Waals surface area contributed by atoms with Crippen molar-refractivity contribution < 1.29 is 19.0 Å². The normalized spacial score (nSPS) is 10.2. The van der Waals surface area contributed by atoms with E-state index in [1.165, 1.54) is 0 Å². The Hall–Kier alpha value is -4.45. The van der Waals surface area contributed by atoms with Gasteiger partial charge in [-0.25, -0.2) is 0 Å². The lowest BCUT2D eigenvalue weighted by Gasteiger charge is -2.11. The summed E-state index contributed by atoms with van der Waals surface area (Å²) in [6, 6.07) is 33.9. The molecule has 4 rings (SSSR count). The second-order valence-electron chi connectivity index (χ2n) is 7.38. The summed E-state index contributed by atoms with van der Waals surface area (Å²) >= 11 is 0. The van der Waals surface area contributed by atoms with Gasteiger partial charge in [0.15, 0.2) is 0 Å². The first-order valence-electron chi connectivity index (χ1n) is 11.0. The zero-order chi connectivity index (χ0) is 23.4. The smallest absolute Gasteiger partial charge is 0.243 e. The molecule has 0 radical (unpaired) electrons. The lowest BCUT2D eigenvalue weighted by atomic mass is 10.3. The molecule has 0 aliphatic heterocycles. The van der Waals surface area contributed by atoms with Crippen molar-refractivity contribution in [2.75, 3.05) is 30.4 Å². The predicted molar refractivity (Wildman–Crippen MR) is 134 cm³/mol. The molecule has 0 fully saturated rings. The van der Waals surface area contributed by atoms with E-state index in [4.69, 9.17) is 14.2 Å². The maximum atomic E-state index is 12.4. The molecule has 0 bridgehead atoms. The van der Waals surface area contributed by atoms with Gasteiger partial charge >= 0.3 is 0 Å². The van der Waals surface area contributed by atoms with E-state index in [9.17, 15) is 4.79 Å². The first-order chi connectivity index (χ1) is 16.7. The van der Waals surface area contributed by atoms with Gasteiger partial charge in [-0.2, -0.15) is 0 Å². The maximum absolute atomic E-state index is 12.4. The van der Waals surface area contributed by atoms with Crippen LogP contribution in [0.2, 0.25) is 0 Å². The molecule has 0 aliphatic rings. The number of carbonyl (C=O) groups is 1. The van der Waals surface area contributed by atoms with Crippen LogP contribution in [0.3, 0.4) is 0 Å². The highest BCUT2D eigenvalue weighted by atomic mass is 16.5. The van der Waals surface area contributed by atoms with Gasteiger partial charge in [-0.1, -0.05) is 42.5 Å². The lowest BCUT2D eigenvalue weighted by Crippen LogP contribution is -2.21. The van der Waals surface area contributed by atoms with Gasteiger partial charge in [0.25, 0.3) is 0 Å². The van der Waals surface area contributed by atoms with Gasteiger partial charge in [0, 0.05) is 17.4 Å². The van der Waals surface area contributed by atoms with Crippen LogP contribution in [0.15, 0.2) is 109 Å². The minimum atomic E-state index is -0.158. The molecule has 6 nitrogen and oxygen atoms in total. The Morgan fingerprint density at radius 1 is 0.588 bits per heavy atom. The molecule has 172 valence electrons. The zero-order valence-electron chi connectivity index (χ0n) is 18.6. The van der Waals surface area contributed by atoms with Crippen molar-refractivity contribution in [2.45, 2.75) is 0 Å². The van der Waals surface area contributed by atoms with Crippen molar-refractivity contribution in [2.24, 2.45) is 0 Å². The van der Waals surface area contributed by atoms with Crippen molar-refractivity contribution in [3.05, 3.63) is 109 Å². The third-order valence-electron chi connectivity index (χ3n) is 4.77. The van der Waals surface area contributed by atoms with Gasteiger partial charge in [-0.05, 0) is 60.7 Å². The van der Waals surface area contributed by atoms with E-state index in [0.29, 0.717) is 24.7 Å². The van der Waals surface area contributed by atoms with Crippen LogP contribution in [-0.2, 0) is 4.79 Å². The van der Waals surface area contributed by atoms with Gasteiger partial charge in [0.05, 0.1) is 6.54 Å². The summed E-state index contributed by atoms with van der Waals surface area (Å²) in [5.41, 5.74) is 1.49. The van der Waals surface area contributed by atoms with Gasteiger partial charge in [0.2, 0.25) is 5.91 Å². The number of amides is 1. The fourth-order valence-corrected chi connectivity index (χ4v) is 3.15. The largest absolute Gasteiger partial charge is 0.490 e. The molecule has 1 amide bonds. The highest BCUT2D eigenvalue weighted by molar-refractivity contribution is 5.93. The lowest BCUT2D eigenvalue weighted by molar-refractivity contribution is -0.114. The van der Waals surface area contributed by atoms with E-state index in [0.717, 1.165) is 22.9 Å². The van der Waals surface area contributed by atoms with Crippen molar-refractivity contribution in [1.82, 2.24) is 0 Å². The van der Waals surface area contributed by atoms with E-state index in [1.54, 1.807) is 6.07 Å². The SMILES string of the molecule is O=C(CNc1ccc(Oc2ccccc2)cc1)Nc1cccc(OCCOc2ccccc2)c1. The molecule has 0 saturated carbocycles. The number of hydrogen-bond acceptors (Lipinski definition) is 5. The Labute approximate surface area is 199 Å². The van der Waals surface area contributed by atoms with Crippen molar-refractivity contribution in [1.29, 1.82) is 0 Å². The van der Waals surface area contributed by atoms with Gasteiger partial charge < -0.3 is 24.8 Å². The quantitative estimate of drug-likeness (QED) is 0.273. The Balaban J connectivity index is 1.19. The Morgan fingerprint density at radius 3 is 1.88 bits per heavy atom. The Bertz CT molecular complexity index is 1170. The molecule has 4 aromatic rings. The molecule has 34 heavy (non-hydrogen) atoms. The number of benzene rings is 4. The van der Waals surface area contributed by atoms with Gasteiger partial charge in [-0.15, -0.1) is 0 Å². The van der Waals surface area contributed by atoms with Crippen LogP contribution in [0.5, 0.6) is 23.0 Å². The zero-order valence-corrected chi connectivity index (χ0v) is 18.6. The number of ether oxygens (including phenoxy) is 3. The van der Waals surface area contributed by atoms with E-state index in [-0.39, 0.29) is 12.5 Å². The molecule has 2 N–H and O–H groups in total. The molecule has 0 unspecified atom stereocenters. The molecule has 0 spiro atoms. The first kappa shape index (κ1) is 22.7. The highest BCUT2D eigenvalue weighted by Gasteiger charge is 2.05. The fraction of sp³-hybridized carbons (Fsp3) is 0.107. The molecule has 0 aromatic heterocycles. The molecule has 4 aromatic carbocycles. The Morgan fingerprint density at radius 2 is 1.18 bits per heavy atom. The topological polar surface area (TPSA) is 68.8 Å². The standard InChI is InChI=1S/C28H26N2O4/c31-28(21-29-22-14-16-26(17-15-22)34-25-11-5-2-6-12-25)30-23-8-7-13-27(20-23)33-19-18-32-24-9-3-1-4-10-24/h1-17,20,29H,18-19,21H2,(H,30,31). The molecule has 6 heteroatoms. The summed E-state index contributed by atoms with van der Waals surface area (Å²) in [6.07, 6.45) is 0. The van der Waals surface area contributed by atoms with Crippen LogP contribution < -0.4 is 24.8 Å². The first-order valence-corrected chi connectivity index (χ1v) is 11.0. The summed E-state index contributed by atoms with van der Waals surface area (Å²) in [5.74, 6) is 2.81. The van der Waals surface area contributed by atoms with Gasteiger partial charge in [-0.3, -0.25) is 4.79 Å². The highest BCUT2D eigenvalue weighted by Crippen LogP contribution is 2.22. The van der Waals surface area contributed by atoms with Crippen LogP contribution in [-0.4, -0.2) is 25.7 Å². The molecule has 0 heterocycles. The third-order valence-corrected chi connectivity index (χ3v) is 4.77. The van der Waals surface area contributed by atoms with Crippen LogP contribution in [0.4, 0.5) is 11.4 Å². The summed E-state index contributed by atoms with van der Waals surface area (Å²) in [5, 5.41) is 5.99. The number of carbonyl (C=O) groups excluding carboxylic acids is 1. The fourth-order valence-electron chi connectivity index (χ4n) is 3.15. The summed E-state index contributed by atoms with van der Waals surface area (Å²) in [6.45, 7) is 0.965. The summed E-state index contributed by atoms with van der Waals surface area (Å²) in [7, 11) is 0. The van der Waals surface area contributed by atoms with E-state index >= 15 is 0 Å². The van der Waals surface area contributed by atoms with E-state index in [1.807, 2.05) is 103 Å². The summed E-state index contributed by atoms with van der Waals surface area (Å²) < 4.78 is 17.1. The average Bonchev–Trinajstić information content (AvgIpc) is 2.88. The predicted octanol–water partition coefficient (Wildman–Crippen LogP) is 5.99. The minimum absolute atomic E-state index is 0.134. The van der Waals surface area contributed by atoms with E-state index in [2.05, 4.69) is 10.6 Å². The van der Waals surface area contributed by atoms with Crippen molar-refractivity contribution >= 4 is 17.3 Å². The Kier molecular flexibility index (Phi) is 8.00. The number of rotatable bonds is 11. The van der Waals surface area contributed by atoms with Crippen molar-refractivity contribution in [3.8, 4) is 23.0 Å². The molecule has 0 saturated heterocycles. The minimum Gasteiger partial charge on any atom is -0.490 e. The van der Waals surface area contributed by atoms with Crippen molar-refractivity contribution in [3.63, 3.8) is 0 Å². The monoisotopic (exact) mass is 454 g/mol. The number of nitrogens with one attached hydrogen (secondary N) is 2.